The molecule has 2 aromatic rings. The van der Waals surface area contributed by atoms with E-state index < -0.39 is 5.60 Å². The second-order valence-electron chi connectivity index (χ2n) is 4.52. The molecule has 0 aliphatic rings. The van der Waals surface area contributed by atoms with E-state index in [2.05, 4.69) is 27.1 Å². The SMILES string of the molecule is CC(C)(O)C#Cc1ccc(CNc2cnccn2)s1. The van der Waals surface area contributed by atoms with Gasteiger partial charge < -0.3 is 10.4 Å². The Bertz CT molecular complexity index is 590. The zero-order chi connectivity index (χ0) is 13.7. The molecule has 0 aliphatic heterocycles. The van der Waals surface area contributed by atoms with Crippen LogP contribution in [0.5, 0.6) is 0 Å². The van der Waals surface area contributed by atoms with E-state index in [0.29, 0.717) is 6.54 Å². The topological polar surface area (TPSA) is 58.0 Å². The van der Waals surface area contributed by atoms with Gasteiger partial charge in [0.05, 0.1) is 17.6 Å². The molecule has 0 amide bonds. The van der Waals surface area contributed by atoms with E-state index in [0.717, 1.165) is 15.6 Å². The fourth-order valence-corrected chi connectivity index (χ4v) is 2.12. The second kappa shape index (κ2) is 5.83. The zero-order valence-corrected chi connectivity index (χ0v) is 11.7. The number of nitrogens with one attached hydrogen (secondary N) is 1. The fourth-order valence-electron chi connectivity index (χ4n) is 1.32. The Balaban J connectivity index is 1.96. The minimum Gasteiger partial charge on any atom is -0.378 e. The summed E-state index contributed by atoms with van der Waals surface area (Å²) < 4.78 is 0. The standard InChI is InChI=1S/C14H15N3OS/c1-14(2,18)6-5-11-3-4-12(19-11)9-17-13-10-15-7-8-16-13/h3-4,7-8,10,18H,9H2,1-2H3,(H,16,17). The van der Waals surface area contributed by atoms with Crippen LogP contribution in [-0.2, 0) is 6.54 Å². The average Bonchev–Trinajstić information content (AvgIpc) is 2.82. The Morgan fingerprint density at radius 3 is 2.89 bits per heavy atom. The summed E-state index contributed by atoms with van der Waals surface area (Å²) >= 11 is 1.60. The van der Waals surface area contributed by atoms with Gasteiger partial charge in [-0.1, -0.05) is 11.8 Å². The summed E-state index contributed by atoms with van der Waals surface area (Å²) in [5, 5.41) is 12.7. The molecule has 0 atom stereocenters. The minimum absolute atomic E-state index is 0.688. The Kier molecular flexibility index (Phi) is 4.15. The smallest absolute Gasteiger partial charge is 0.144 e. The molecule has 2 heterocycles. The van der Waals surface area contributed by atoms with Crippen molar-refractivity contribution in [2.75, 3.05) is 5.32 Å². The second-order valence-corrected chi connectivity index (χ2v) is 5.69. The monoisotopic (exact) mass is 273 g/mol. The van der Waals surface area contributed by atoms with Crippen molar-refractivity contribution in [2.45, 2.75) is 26.0 Å². The third kappa shape index (κ3) is 4.70. The summed E-state index contributed by atoms with van der Waals surface area (Å²) in [5.41, 5.74) is -0.956. The Labute approximate surface area is 116 Å². The molecule has 0 radical (unpaired) electrons. The van der Waals surface area contributed by atoms with E-state index in [1.165, 1.54) is 0 Å². The van der Waals surface area contributed by atoms with Crippen LogP contribution < -0.4 is 5.32 Å². The van der Waals surface area contributed by atoms with Gasteiger partial charge in [0.15, 0.2) is 0 Å². The number of rotatable bonds is 3. The van der Waals surface area contributed by atoms with E-state index in [1.807, 2.05) is 12.1 Å². The highest BCUT2D eigenvalue weighted by Crippen LogP contribution is 2.17. The van der Waals surface area contributed by atoms with Gasteiger partial charge in [-0.15, -0.1) is 11.3 Å². The maximum atomic E-state index is 9.54. The van der Waals surface area contributed by atoms with E-state index in [4.69, 9.17) is 0 Å². The van der Waals surface area contributed by atoms with Gasteiger partial charge in [0.1, 0.15) is 11.4 Å². The number of aliphatic hydroxyl groups is 1. The zero-order valence-electron chi connectivity index (χ0n) is 10.8. The van der Waals surface area contributed by atoms with E-state index in [1.54, 1.807) is 43.8 Å². The molecule has 98 valence electrons. The van der Waals surface area contributed by atoms with Crippen molar-refractivity contribution >= 4 is 17.2 Å². The lowest BCUT2D eigenvalue weighted by atomic mass is 10.1. The number of aromatic nitrogens is 2. The highest BCUT2D eigenvalue weighted by Gasteiger charge is 2.06. The number of anilines is 1. The van der Waals surface area contributed by atoms with Crippen molar-refractivity contribution in [3.63, 3.8) is 0 Å². The van der Waals surface area contributed by atoms with Gasteiger partial charge in [-0.05, 0) is 26.0 Å². The van der Waals surface area contributed by atoms with Crippen molar-refractivity contribution in [3.8, 4) is 11.8 Å². The van der Waals surface area contributed by atoms with Crippen LogP contribution in [0.1, 0.15) is 23.6 Å². The van der Waals surface area contributed by atoms with Gasteiger partial charge in [-0.25, -0.2) is 4.98 Å². The molecule has 0 aliphatic carbocycles. The maximum absolute atomic E-state index is 9.54. The summed E-state index contributed by atoms with van der Waals surface area (Å²) in [6, 6.07) is 3.97. The number of thiophene rings is 1. The van der Waals surface area contributed by atoms with Gasteiger partial charge in [0.2, 0.25) is 0 Å². The molecule has 5 heteroatoms. The van der Waals surface area contributed by atoms with Gasteiger partial charge in [0, 0.05) is 17.3 Å². The molecular formula is C14H15N3OS. The van der Waals surface area contributed by atoms with Crippen LogP contribution in [0.15, 0.2) is 30.7 Å². The van der Waals surface area contributed by atoms with Crippen LogP contribution in [0, 0.1) is 11.8 Å². The van der Waals surface area contributed by atoms with E-state index in [-0.39, 0.29) is 0 Å². The molecule has 4 nitrogen and oxygen atoms in total. The summed E-state index contributed by atoms with van der Waals surface area (Å²) in [4.78, 5) is 10.2. The predicted octanol–water partition coefficient (Wildman–Crippen LogP) is 2.27. The van der Waals surface area contributed by atoms with E-state index in [9.17, 15) is 5.11 Å². The molecule has 0 spiro atoms. The quantitative estimate of drug-likeness (QED) is 0.842. The third-order valence-corrected chi connectivity index (χ3v) is 3.16. The minimum atomic E-state index is -0.956. The molecule has 19 heavy (non-hydrogen) atoms. The highest BCUT2D eigenvalue weighted by molar-refractivity contribution is 7.12. The van der Waals surface area contributed by atoms with E-state index >= 15 is 0 Å². The molecule has 0 bridgehead atoms. The first kappa shape index (κ1) is 13.5. The molecular weight excluding hydrogens is 258 g/mol. The van der Waals surface area contributed by atoms with Crippen LogP contribution in [0.25, 0.3) is 0 Å². The maximum Gasteiger partial charge on any atom is 0.144 e. The largest absolute Gasteiger partial charge is 0.378 e. The Hall–Kier alpha value is -1.90. The first-order chi connectivity index (χ1) is 9.03. The molecule has 2 aromatic heterocycles. The Morgan fingerprint density at radius 2 is 2.21 bits per heavy atom. The normalized spacial score (nSPS) is 10.7. The average molecular weight is 273 g/mol. The molecule has 0 saturated carbocycles. The molecule has 2 N–H and O–H groups in total. The van der Waals surface area contributed by atoms with Crippen molar-refractivity contribution in [1.82, 2.24) is 9.97 Å². The summed E-state index contributed by atoms with van der Waals surface area (Å²) in [5.74, 6) is 6.51. The van der Waals surface area contributed by atoms with Gasteiger partial charge in [-0.3, -0.25) is 4.98 Å². The molecule has 0 aromatic carbocycles. The van der Waals surface area contributed by atoms with Crippen LogP contribution in [-0.4, -0.2) is 20.7 Å². The highest BCUT2D eigenvalue weighted by atomic mass is 32.1. The third-order valence-electron chi connectivity index (χ3n) is 2.16. The fraction of sp³-hybridized carbons (Fsp3) is 0.286. The predicted molar refractivity (Wildman–Crippen MR) is 76.9 cm³/mol. The Morgan fingerprint density at radius 1 is 1.37 bits per heavy atom. The van der Waals surface area contributed by atoms with Crippen molar-refractivity contribution in [2.24, 2.45) is 0 Å². The van der Waals surface area contributed by atoms with Crippen LogP contribution in [0.4, 0.5) is 5.82 Å². The lowest BCUT2D eigenvalue weighted by Gasteiger charge is -2.05. The van der Waals surface area contributed by atoms with Crippen molar-refractivity contribution < 1.29 is 5.11 Å². The lowest BCUT2D eigenvalue weighted by molar-refractivity contribution is 0.143. The van der Waals surface area contributed by atoms with Gasteiger partial charge >= 0.3 is 0 Å². The van der Waals surface area contributed by atoms with Crippen LogP contribution >= 0.6 is 11.3 Å². The molecule has 0 fully saturated rings. The summed E-state index contributed by atoms with van der Waals surface area (Å²) in [6.07, 6.45) is 4.97. The van der Waals surface area contributed by atoms with Crippen molar-refractivity contribution in [3.05, 3.63) is 40.5 Å². The van der Waals surface area contributed by atoms with Crippen LogP contribution in [0.2, 0.25) is 0 Å². The van der Waals surface area contributed by atoms with Gasteiger partial charge in [0.25, 0.3) is 0 Å². The lowest BCUT2D eigenvalue weighted by Crippen LogP contribution is -2.14. The molecule has 0 saturated heterocycles. The number of hydrogen-bond donors (Lipinski definition) is 2. The van der Waals surface area contributed by atoms with Gasteiger partial charge in [-0.2, -0.15) is 0 Å². The molecule has 2 rings (SSSR count). The van der Waals surface area contributed by atoms with Crippen LogP contribution in [0.3, 0.4) is 0 Å². The summed E-state index contributed by atoms with van der Waals surface area (Å²) in [7, 11) is 0. The first-order valence-corrected chi connectivity index (χ1v) is 6.69. The van der Waals surface area contributed by atoms with Crippen molar-refractivity contribution in [1.29, 1.82) is 0 Å². The number of hydrogen-bond acceptors (Lipinski definition) is 5. The molecule has 0 unspecified atom stereocenters. The summed E-state index contributed by atoms with van der Waals surface area (Å²) in [6.45, 7) is 4.03. The first-order valence-electron chi connectivity index (χ1n) is 5.87. The number of nitrogens with zero attached hydrogens (tertiary/aromatic N) is 2.